The minimum atomic E-state index is -0.101. The molecule has 4 atom stereocenters. The molecule has 0 saturated heterocycles. The number of hydrogen-bond donors (Lipinski definition) is 2. The van der Waals surface area contributed by atoms with E-state index in [9.17, 15) is 5.11 Å². The minimum absolute atomic E-state index is 0.101. The number of aliphatic hydroxyl groups excluding tert-OH is 2. The Balaban J connectivity index is 2.06. The van der Waals surface area contributed by atoms with Crippen LogP contribution in [0.25, 0.3) is 0 Å². The minimum Gasteiger partial charge on any atom is -0.396 e. The van der Waals surface area contributed by atoms with Gasteiger partial charge >= 0.3 is 0 Å². The molecule has 0 amide bonds. The molecule has 0 aromatic carbocycles. The highest BCUT2D eigenvalue weighted by Crippen LogP contribution is 2.47. The van der Waals surface area contributed by atoms with Gasteiger partial charge in [0, 0.05) is 6.61 Å². The van der Waals surface area contributed by atoms with Crippen LogP contribution in [0.3, 0.4) is 0 Å². The molecule has 58 valence electrons. The molecule has 2 saturated carbocycles. The first-order valence-electron chi connectivity index (χ1n) is 4.10. The third-order valence-electron chi connectivity index (χ3n) is 3.15. The van der Waals surface area contributed by atoms with Gasteiger partial charge in [-0.2, -0.15) is 0 Å². The van der Waals surface area contributed by atoms with Crippen LogP contribution in [-0.4, -0.2) is 22.9 Å². The van der Waals surface area contributed by atoms with Crippen LogP contribution in [0.4, 0.5) is 0 Å². The zero-order valence-corrected chi connectivity index (χ0v) is 6.03. The van der Waals surface area contributed by atoms with Gasteiger partial charge in [0.2, 0.25) is 0 Å². The summed E-state index contributed by atoms with van der Waals surface area (Å²) in [5.41, 5.74) is 0. The SMILES string of the molecule is OC[C@H]1C[C@H]2C[C@@H]1[C@H](O)C2. The lowest BCUT2D eigenvalue weighted by Crippen LogP contribution is -2.26. The van der Waals surface area contributed by atoms with Crippen molar-refractivity contribution in [1.29, 1.82) is 0 Å². The fraction of sp³-hybridized carbons (Fsp3) is 1.00. The molecule has 0 aromatic heterocycles. The van der Waals surface area contributed by atoms with Crippen molar-refractivity contribution in [2.24, 2.45) is 17.8 Å². The van der Waals surface area contributed by atoms with Crippen molar-refractivity contribution in [2.45, 2.75) is 25.4 Å². The first kappa shape index (κ1) is 6.62. The predicted molar refractivity (Wildman–Crippen MR) is 37.4 cm³/mol. The van der Waals surface area contributed by atoms with Crippen molar-refractivity contribution in [2.75, 3.05) is 6.61 Å². The summed E-state index contributed by atoms with van der Waals surface area (Å²) in [6.07, 6.45) is 3.20. The van der Waals surface area contributed by atoms with Gasteiger partial charge in [-0.3, -0.25) is 0 Å². The second-order valence-electron chi connectivity index (χ2n) is 3.75. The largest absolute Gasteiger partial charge is 0.396 e. The van der Waals surface area contributed by atoms with Gasteiger partial charge in [-0.15, -0.1) is 0 Å². The van der Waals surface area contributed by atoms with Gasteiger partial charge in [-0.05, 0) is 37.0 Å². The van der Waals surface area contributed by atoms with E-state index in [1.54, 1.807) is 0 Å². The maximum Gasteiger partial charge on any atom is 0.0574 e. The van der Waals surface area contributed by atoms with E-state index in [0.717, 1.165) is 25.2 Å². The normalized spacial score (nSPS) is 52.2. The van der Waals surface area contributed by atoms with Gasteiger partial charge < -0.3 is 10.2 Å². The Bertz CT molecular complexity index is 133. The lowest BCUT2D eigenvalue weighted by molar-refractivity contribution is 0.0560. The Morgan fingerprint density at radius 2 is 2.00 bits per heavy atom. The zero-order valence-electron chi connectivity index (χ0n) is 6.03. The van der Waals surface area contributed by atoms with Crippen LogP contribution >= 0.6 is 0 Å². The van der Waals surface area contributed by atoms with Crippen LogP contribution in [0.15, 0.2) is 0 Å². The molecule has 2 bridgehead atoms. The molecule has 0 aromatic rings. The van der Waals surface area contributed by atoms with E-state index in [-0.39, 0.29) is 12.7 Å². The first-order valence-corrected chi connectivity index (χ1v) is 4.10. The van der Waals surface area contributed by atoms with Crippen LogP contribution in [0, 0.1) is 17.8 Å². The molecular formula is C8H14O2. The Morgan fingerprint density at radius 1 is 1.20 bits per heavy atom. The Kier molecular flexibility index (Phi) is 1.46. The van der Waals surface area contributed by atoms with Gasteiger partial charge in [0.05, 0.1) is 6.10 Å². The zero-order chi connectivity index (χ0) is 7.14. The molecule has 2 aliphatic carbocycles. The molecule has 0 aliphatic heterocycles. The monoisotopic (exact) mass is 142 g/mol. The average molecular weight is 142 g/mol. The van der Waals surface area contributed by atoms with E-state index in [1.165, 1.54) is 0 Å². The van der Waals surface area contributed by atoms with E-state index in [2.05, 4.69) is 0 Å². The molecule has 0 radical (unpaired) electrons. The molecule has 10 heavy (non-hydrogen) atoms. The molecule has 0 heterocycles. The second kappa shape index (κ2) is 2.21. The third-order valence-corrected chi connectivity index (χ3v) is 3.15. The molecule has 2 nitrogen and oxygen atoms in total. The number of fused-ring (bicyclic) bond motifs is 2. The maximum absolute atomic E-state index is 9.41. The Labute approximate surface area is 60.9 Å². The summed E-state index contributed by atoms with van der Waals surface area (Å²) in [6, 6.07) is 0. The summed E-state index contributed by atoms with van der Waals surface area (Å²) in [5, 5.41) is 18.3. The molecule has 2 aliphatic rings. The van der Waals surface area contributed by atoms with E-state index >= 15 is 0 Å². The highest BCUT2D eigenvalue weighted by Gasteiger charge is 2.44. The first-order chi connectivity index (χ1) is 4.81. The number of hydrogen-bond acceptors (Lipinski definition) is 2. The van der Waals surface area contributed by atoms with Crippen LogP contribution in [0.5, 0.6) is 0 Å². The molecule has 0 spiro atoms. The van der Waals surface area contributed by atoms with E-state index < -0.39 is 0 Å². The highest BCUT2D eigenvalue weighted by atomic mass is 16.3. The van der Waals surface area contributed by atoms with Crippen molar-refractivity contribution in [1.82, 2.24) is 0 Å². The quantitative estimate of drug-likeness (QED) is 0.556. The Hall–Kier alpha value is -0.0800. The Morgan fingerprint density at radius 3 is 2.40 bits per heavy atom. The van der Waals surface area contributed by atoms with Gasteiger partial charge in [-0.1, -0.05) is 0 Å². The summed E-state index contributed by atoms with van der Waals surface area (Å²) >= 11 is 0. The molecule has 0 unspecified atom stereocenters. The van der Waals surface area contributed by atoms with E-state index in [0.29, 0.717) is 11.8 Å². The second-order valence-corrected chi connectivity index (χ2v) is 3.75. The van der Waals surface area contributed by atoms with Crippen molar-refractivity contribution < 1.29 is 10.2 Å². The van der Waals surface area contributed by atoms with Crippen molar-refractivity contribution in [3.8, 4) is 0 Å². The third kappa shape index (κ3) is 0.789. The molecule has 2 heteroatoms. The fourth-order valence-electron chi connectivity index (χ4n) is 2.67. The van der Waals surface area contributed by atoms with Gasteiger partial charge in [0.1, 0.15) is 0 Å². The molecular weight excluding hydrogens is 128 g/mol. The lowest BCUT2D eigenvalue weighted by atomic mass is 9.87. The summed E-state index contributed by atoms with van der Waals surface area (Å²) in [6.45, 7) is 0.276. The predicted octanol–water partition coefficient (Wildman–Crippen LogP) is 0.386. The van der Waals surface area contributed by atoms with Gasteiger partial charge in [0.15, 0.2) is 0 Å². The molecule has 2 N–H and O–H groups in total. The highest BCUT2D eigenvalue weighted by molar-refractivity contribution is 4.94. The molecule has 2 rings (SSSR count). The van der Waals surface area contributed by atoms with Gasteiger partial charge in [0.25, 0.3) is 0 Å². The smallest absolute Gasteiger partial charge is 0.0574 e. The van der Waals surface area contributed by atoms with Crippen molar-refractivity contribution in [3.63, 3.8) is 0 Å². The van der Waals surface area contributed by atoms with Crippen molar-refractivity contribution >= 4 is 0 Å². The average Bonchev–Trinajstić information content (AvgIpc) is 2.44. The summed E-state index contributed by atoms with van der Waals surface area (Å²) < 4.78 is 0. The number of rotatable bonds is 1. The van der Waals surface area contributed by atoms with Crippen LogP contribution in [0.1, 0.15) is 19.3 Å². The lowest BCUT2D eigenvalue weighted by Gasteiger charge is -2.23. The van der Waals surface area contributed by atoms with Crippen LogP contribution < -0.4 is 0 Å². The fourth-order valence-corrected chi connectivity index (χ4v) is 2.67. The van der Waals surface area contributed by atoms with Crippen LogP contribution in [0.2, 0.25) is 0 Å². The standard InChI is InChI=1S/C8H14O2/c9-4-6-1-5-2-7(6)8(10)3-5/h5-10H,1-4H2/t5-,6+,7-,8+/m0/s1. The number of aliphatic hydroxyl groups is 2. The summed E-state index contributed by atoms with van der Waals surface area (Å²) in [7, 11) is 0. The maximum atomic E-state index is 9.41. The summed E-state index contributed by atoms with van der Waals surface area (Å²) in [5.74, 6) is 1.56. The van der Waals surface area contributed by atoms with Crippen molar-refractivity contribution in [3.05, 3.63) is 0 Å². The van der Waals surface area contributed by atoms with Gasteiger partial charge in [-0.25, -0.2) is 0 Å². The summed E-state index contributed by atoms with van der Waals surface area (Å²) in [4.78, 5) is 0. The van der Waals surface area contributed by atoms with E-state index in [1.807, 2.05) is 0 Å². The van der Waals surface area contributed by atoms with E-state index in [4.69, 9.17) is 5.11 Å². The molecule has 2 fully saturated rings. The topological polar surface area (TPSA) is 40.5 Å². The van der Waals surface area contributed by atoms with Crippen LogP contribution in [-0.2, 0) is 0 Å².